The summed E-state index contributed by atoms with van der Waals surface area (Å²) < 4.78 is 10.9. The Morgan fingerprint density at radius 1 is 1.38 bits per heavy atom. The number of hydrogen-bond donors (Lipinski definition) is 1. The van der Waals surface area contributed by atoms with Gasteiger partial charge in [0, 0.05) is 11.1 Å². The quantitative estimate of drug-likeness (QED) is 0.515. The average Bonchev–Trinajstić information content (AvgIpc) is 2.46. The molecule has 0 saturated carbocycles. The molecule has 1 aromatic carbocycles. The summed E-state index contributed by atoms with van der Waals surface area (Å²) in [6.07, 6.45) is 0.826. The van der Waals surface area contributed by atoms with Crippen LogP contribution in [0.25, 0.3) is 0 Å². The summed E-state index contributed by atoms with van der Waals surface area (Å²) in [6.45, 7) is 5.47. The summed E-state index contributed by atoms with van der Waals surface area (Å²) >= 11 is 0. The highest BCUT2D eigenvalue weighted by atomic mass is 16.5. The molecule has 0 heterocycles. The monoisotopic (exact) mass is 291 g/mol. The van der Waals surface area contributed by atoms with Crippen LogP contribution in [0, 0.1) is 5.41 Å². The largest absolute Gasteiger partial charge is 0.497 e. The first-order chi connectivity index (χ1) is 9.86. The Balaban J connectivity index is 2.36. The Labute approximate surface area is 124 Å². The van der Waals surface area contributed by atoms with Gasteiger partial charge in [-0.3, -0.25) is 4.79 Å². The third-order valence-corrected chi connectivity index (χ3v) is 3.54. The maximum atomic E-state index is 12.1. The highest BCUT2D eigenvalue weighted by Gasteiger charge is 2.32. The molecule has 1 aromatic rings. The van der Waals surface area contributed by atoms with Gasteiger partial charge in [0.2, 0.25) is 0 Å². The Morgan fingerprint density at radius 2 is 2.10 bits per heavy atom. The van der Waals surface area contributed by atoms with Crippen molar-refractivity contribution < 1.29 is 19.5 Å². The van der Waals surface area contributed by atoms with Crippen LogP contribution in [-0.4, -0.2) is 24.0 Å². The number of oxime groups is 1. The van der Waals surface area contributed by atoms with E-state index in [0.717, 1.165) is 11.1 Å². The molecule has 2 rings (SSSR count). The molecule has 5 nitrogen and oxygen atoms in total. The van der Waals surface area contributed by atoms with Gasteiger partial charge in [0.15, 0.2) is 0 Å². The standard InChI is InChI=1S/C16H21NO4/c1-16(2,3)15(18)21-14-8-7-13(17-19)11-6-5-10(20-4)9-12(11)14/h5-6,9,14,19H,7-8H2,1-4H3/b17-13+. The molecule has 0 amide bonds. The summed E-state index contributed by atoms with van der Waals surface area (Å²) in [5.41, 5.74) is 1.68. The van der Waals surface area contributed by atoms with Crippen molar-refractivity contribution in [2.24, 2.45) is 10.6 Å². The molecule has 0 radical (unpaired) electrons. The number of carbonyl (C=O) groups excluding carboxylic acids is 1. The molecule has 0 aliphatic heterocycles. The lowest BCUT2D eigenvalue weighted by Gasteiger charge is -2.29. The molecule has 0 spiro atoms. The van der Waals surface area contributed by atoms with E-state index in [4.69, 9.17) is 14.7 Å². The smallest absolute Gasteiger partial charge is 0.311 e. The van der Waals surface area contributed by atoms with Crippen molar-refractivity contribution in [2.75, 3.05) is 7.11 Å². The number of hydrogen-bond acceptors (Lipinski definition) is 5. The Kier molecular flexibility index (Phi) is 4.21. The fraction of sp³-hybridized carbons (Fsp3) is 0.500. The van der Waals surface area contributed by atoms with Crippen LogP contribution in [0.1, 0.15) is 50.8 Å². The van der Waals surface area contributed by atoms with E-state index < -0.39 is 5.41 Å². The number of fused-ring (bicyclic) bond motifs is 1. The molecule has 5 heteroatoms. The maximum absolute atomic E-state index is 12.1. The normalized spacial score (nSPS) is 20.0. The Morgan fingerprint density at radius 3 is 2.67 bits per heavy atom. The molecule has 0 bridgehead atoms. The van der Waals surface area contributed by atoms with E-state index in [1.54, 1.807) is 13.2 Å². The van der Waals surface area contributed by atoms with E-state index in [9.17, 15) is 4.79 Å². The third-order valence-electron chi connectivity index (χ3n) is 3.54. The lowest BCUT2D eigenvalue weighted by molar-refractivity contribution is -0.159. The SMILES string of the molecule is COc1ccc2c(c1)C(OC(=O)C(C)(C)C)CC/C2=N\O. The lowest BCUT2D eigenvalue weighted by atomic mass is 9.87. The van der Waals surface area contributed by atoms with E-state index in [1.807, 2.05) is 32.9 Å². The van der Waals surface area contributed by atoms with Gasteiger partial charge in [-0.1, -0.05) is 5.16 Å². The molecule has 1 unspecified atom stereocenters. The van der Waals surface area contributed by atoms with Crippen molar-refractivity contribution in [1.82, 2.24) is 0 Å². The van der Waals surface area contributed by atoms with Crippen molar-refractivity contribution in [3.05, 3.63) is 29.3 Å². The summed E-state index contributed by atoms with van der Waals surface area (Å²) in [6, 6.07) is 5.47. The van der Waals surface area contributed by atoms with Crippen LogP contribution in [0.4, 0.5) is 0 Å². The second kappa shape index (κ2) is 5.76. The zero-order valence-electron chi connectivity index (χ0n) is 12.8. The molecule has 1 aliphatic carbocycles. The van der Waals surface area contributed by atoms with Crippen LogP contribution in [0.5, 0.6) is 5.75 Å². The first-order valence-corrected chi connectivity index (χ1v) is 6.97. The minimum Gasteiger partial charge on any atom is -0.497 e. The fourth-order valence-corrected chi connectivity index (χ4v) is 2.29. The van der Waals surface area contributed by atoms with Gasteiger partial charge in [-0.25, -0.2) is 0 Å². The number of esters is 1. The molecule has 114 valence electrons. The zero-order chi connectivity index (χ0) is 15.6. The van der Waals surface area contributed by atoms with Gasteiger partial charge in [-0.15, -0.1) is 0 Å². The van der Waals surface area contributed by atoms with Crippen molar-refractivity contribution >= 4 is 11.7 Å². The van der Waals surface area contributed by atoms with Crippen LogP contribution in [0.15, 0.2) is 23.4 Å². The van der Waals surface area contributed by atoms with E-state index >= 15 is 0 Å². The number of methoxy groups -OCH3 is 1. The predicted molar refractivity (Wildman–Crippen MR) is 78.8 cm³/mol. The maximum Gasteiger partial charge on any atom is 0.311 e. The first-order valence-electron chi connectivity index (χ1n) is 6.97. The second-order valence-electron chi connectivity index (χ2n) is 6.18. The van der Waals surface area contributed by atoms with Gasteiger partial charge in [-0.2, -0.15) is 0 Å². The lowest BCUT2D eigenvalue weighted by Crippen LogP contribution is -2.27. The van der Waals surface area contributed by atoms with Gasteiger partial charge in [0.25, 0.3) is 0 Å². The van der Waals surface area contributed by atoms with Gasteiger partial charge in [0.05, 0.1) is 18.2 Å². The fourth-order valence-electron chi connectivity index (χ4n) is 2.29. The summed E-state index contributed by atoms with van der Waals surface area (Å²) in [5.74, 6) is 0.440. The Hall–Kier alpha value is -2.04. The van der Waals surface area contributed by atoms with Crippen LogP contribution >= 0.6 is 0 Å². The molecule has 0 saturated heterocycles. The zero-order valence-corrected chi connectivity index (χ0v) is 12.8. The molecule has 0 aromatic heterocycles. The van der Waals surface area contributed by atoms with Crippen molar-refractivity contribution in [2.45, 2.75) is 39.7 Å². The number of ether oxygens (including phenoxy) is 2. The summed E-state index contributed by atoms with van der Waals surface area (Å²) in [5, 5.41) is 12.5. The van der Waals surface area contributed by atoms with E-state index in [2.05, 4.69) is 5.16 Å². The van der Waals surface area contributed by atoms with Crippen molar-refractivity contribution in [3.63, 3.8) is 0 Å². The van der Waals surface area contributed by atoms with Gasteiger partial charge in [-0.05, 0) is 51.8 Å². The van der Waals surface area contributed by atoms with Crippen LogP contribution in [0.3, 0.4) is 0 Å². The number of nitrogens with zero attached hydrogens (tertiary/aromatic N) is 1. The molecule has 1 aliphatic rings. The summed E-state index contributed by atoms with van der Waals surface area (Å²) in [4.78, 5) is 12.1. The molecular formula is C16H21NO4. The minimum atomic E-state index is -0.551. The first kappa shape index (κ1) is 15.4. The van der Waals surface area contributed by atoms with Gasteiger partial charge >= 0.3 is 5.97 Å². The van der Waals surface area contributed by atoms with Crippen LogP contribution in [-0.2, 0) is 9.53 Å². The van der Waals surface area contributed by atoms with E-state index in [1.165, 1.54) is 0 Å². The predicted octanol–water partition coefficient (Wildman–Crippen LogP) is 3.30. The van der Waals surface area contributed by atoms with Crippen LogP contribution < -0.4 is 4.74 Å². The topological polar surface area (TPSA) is 68.1 Å². The van der Waals surface area contributed by atoms with Crippen LogP contribution in [0.2, 0.25) is 0 Å². The number of rotatable bonds is 2. The van der Waals surface area contributed by atoms with Gasteiger partial charge in [0.1, 0.15) is 11.9 Å². The number of benzene rings is 1. The highest BCUT2D eigenvalue weighted by molar-refractivity contribution is 6.02. The molecule has 1 atom stereocenters. The third kappa shape index (κ3) is 3.17. The van der Waals surface area contributed by atoms with Crippen molar-refractivity contribution in [3.8, 4) is 5.75 Å². The van der Waals surface area contributed by atoms with Crippen molar-refractivity contribution in [1.29, 1.82) is 0 Å². The van der Waals surface area contributed by atoms with E-state index in [-0.39, 0.29) is 12.1 Å². The van der Waals surface area contributed by atoms with E-state index in [0.29, 0.717) is 24.3 Å². The second-order valence-corrected chi connectivity index (χ2v) is 6.18. The molecule has 21 heavy (non-hydrogen) atoms. The summed E-state index contributed by atoms with van der Waals surface area (Å²) in [7, 11) is 1.59. The molecule has 0 fully saturated rings. The molecular weight excluding hydrogens is 270 g/mol. The number of carbonyl (C=O) groups is 1. The van der Waals surface area contributed by atoms with Gasteiger partial charge < -0.3 is 14.7 Å². The minimum absolute atomic E-state index is 0.245. The Bertz CT molecular complexity index is 572. The highest BCUT2D eigenvalue weighted by Crippen LogP contribution is 2.36. The molecule has 1 N–H and O–H groups in total. The average molecular weight is 291 g/mol.